The number of piperazine rings is 1. The predicted molar refractivity (Wildman–Crippen MR) is 134 cm³/mol. The number of nitrogens with one attached hydrogen (secondary N) is 2. The fourth-order valence-electron chi connectivity index (χ4n) is 3.84. The topological polar surface area (TPSA) is 114 Å². The second kappa shape index (κ2) is 9.68. The number of hydrogen-bond donors (Lipinski definition) is 3. The number of urea groups is 1. The van der Waals surface area contributed by atoms with E-state index in [9.17, 15) is 15.2 Å². The predicted octanol–water partition coefficient (Wildman–Crippen LogP) is 4.28. The summed E-state index contributed by atoms with van der Waals surface area (Å²) in [7, 11) is 0. The Morgan fingerprint density at radius 2 is 2.12 bits per heavy atom. The number of carbonyl (C=O) groups is 1. The molecule has 1 fully saturated rings. The average Bonchev–Trinajstić information content (AvgIpc) is 3.22. The van der Waals surface area contributed by atoms with Gasteiger partial charge in [-0.2, -0.15) is 5.26 Å². The van der Waals surface area contributed by atoms with Crippen LogP contribution in [0.2, 0.25) is 5.15 Å². The molecular weight excluding hydrogens is 472 g/mol. The van der Waals surface area contributed by atoms with Crippen molar-refractivity contribution in [3.8, 4) is 27.8 Å². The van der Waals surface area contributed by atoms with Crippen LogP contribution in [0.25, 0.3) is 21.7 Å². The van der Waals surface area contributed by atoms with E-state index in [0.717, 1.165) is 21.7 Å². The SMILES string of the molecule is Cc1cc(-c2sc(NC(=O)N3CCN[C@H](C(C)(C)O)C3)nc2-c2cccc(C#N)c2)cc(Cl)n1. The summed E-state index contributed by atoms with van der Waals surface area (Å²) in [5.74, 6) is 0. The fourth-order valence-corrected chi connectivity index (χ4v) is 5.05. The molecule has 0 spiro atoms. The van der Waals surface area contributed by atoms with Crippen LogP contribution in [-0.4, -0.2) is 57.3 Å². The first-order valence-corrected chi connectivity index (χ1v) is 12.0. The van der Waals surface area contributed by atoms with Crippen molar-refractivity contribution in [1.82, 2.24) is 20.2 Å². The van der Waals surface area contributed by atoms with Crippen LogP contribution < -0.4 is 10.6 Å². The van der Waals surface area contributed by atoms with Gasteiger partial charge in [-0.1, -0.05) is 35.1 Å². The number of pyridine rings is 1. The number of nitrogens with zero attached hydrogens (tertiary/aromatic N) is 4. The second-order valence-corrected chi connectivity index (χ2v) is 10.1. The molecule has 1 atom stereocenters. The largest absolute Gasteiger partial charge is 0.389 e. The number of nitriles is 1. The summed E-state index contributed by atoms with van der Waals surface area (Å²) in [4.78, 5) is 24.5. The molecule has 4 rings (SSSR count). The zero-order valence-electron chi connectivity index (χ0n) is 19.1. The summed E-state index contributed by atoms with van der Waals surface area (Å²) in [6, 6.07) is 12.5. The molecule has 176 valence electrons. The van der Waals surface area contributed by atoms with Crippen molar-refractivity contribution < 1.29 is 9.90 Å². The van der Waals surface area contributed by atoms with Gasteiger partial charge in [0.25, 0.3) is 0 Å². The number of amides is 2. The molecule has 10 heteroatoms. The highest BCUT2D eigenvalue weighted by atomic mass is 35.5. The van der Waals surface area contributed by atoms with E-state index in [0.29, 0.717) is 41.2 Å². The molecule has 0 unspecified atom stereocenters. The molecule has 0 radical (unpaired) electrons. The van der Waals surface area contributed by atoms with Crippen LogP contribution in [0.15, 0.2) is 36.4 Å². The third kappa shape index (κ3) is 5.37. The molecule has 1 aliphatic rings. The summed E-state index contributed by atoms with van der Waals surface area (Å²) in [6.07, 6.45) is 0. The Kier molecular flexibility index (Phi) is 6.86. The van der Waals surface area contributed by atoms with E-state index >= 15 is 0 Å². The molecule has 1 aromatic carbocycles. The molecule has 2 amide bonds. The van der Waals surface area contributed by atoms with Crippen molar-refractivity contribution in [1.29, 1.82) is 5.26 Å². The number of benzene rings is 1. The smallest absolute Gasteiger partial charge is 0.323 e. The minimum Gasteiger partial charge on any atom is -0.389 e. The lowest BCUT2D eigenvalue weighted by molar-refractivity contribution is 0.0174. The number of anilines is 1. The van der Waals surface area contributed by atoms with Gasteiger partial charge in [-0.25, -0.2) is 14.8 Å². The van der Waals surface area contributed by atoms with Crippen molar-refractivity contribution in [2.24, 2.45) is 0 Å². The van der Waals surface area contributed by atoms with E-state index in [1.807, 2.05) is 19.1 Å². The summed E-state index contributed by atoms with van der Waals surface area (Å²) in [6.45, 7) is 6.80. The van der Waals surface area contributed by atoms with Gasteiger partial charge in [-0.05, 0) is 50.6 Å². The first-order chi connectivity index (χ1) is 16.1. The van der Waals surface area contributed by atoms with Crippen molar-refractivity contribution in [3.05, 3.63) is 52.8 Å². The Labute approximate surface area is 207 Å². The minimum absolute atomic E-state index is 0.231. The van der Waals surface area contributed by atoms with Crippen LogP contribution in [-0.2, 0) is 0 Å². The maximum Gasteiger partial charge on any atom is 0.323 e. The van der Waals surface area contributed by atoms with Gasteiger partial charge < -0.3 is 15.3 Å². The van der Waals surface area contributed by atoms with E-state index in [2.05, 4.69) is 21.7 Å². The Balaban J connectivity index is 1.68. The number of aliphatic hydroxyl groups is 1. The lowest BCUT2D eigenvalue weighted by Crippen LogP contribution is -2.60. The van der Waals surface area contributed by atoms with Crippen molar-refractivity contribution in [3.63, 3.8) is 0 Å². The van der Waals surface area contributed by atoms with Crippen molar-refractivity contribution in [2.75, 3.05) is 25.0 Å². The lowest BCUT2D eigenvalue weighted by atomic mass is 9.97. The molecule has 3 N–H and O–H groups in total. The fraction of sp³-hybridized carbons (Fsp3) is 0.333. The molecule has 3 aromatic rings. The number of rotatable bonds is 4. The molecule has 1 aliphatic heterocycles. The highest BCUT2D eigenvalue weighted by Gasteiger charge is 2.33. The summed E-state index contributed by atoms with van der Waals surface area (Å²) in [5, 5.41) is 26.6. The van der Waals surface area contributed by atoms with Crippen molar-refractivity contribution in [2.45, 2.75) is 32.4 Å². The van der Waals surface area contributed by atoms with E-state index < -0.39 is 5.60 Å². The van der Waals surface area contributed by atoms with E-state index in [4.69, 9.17) is 16.6 Å². The molecule has 0 bridgehead atoms. The van der Waals surface area contributed by atoms with E-state index in [1.165, 1.54) is 11.3 Å². The number of halogens is 1. The summed E-state index contributed by atoms with van der Waals surface area (Å²) < 4.78 is 0. The highest BCUT2D eigenvalue weighted by Crippen LogP contribution is 2.40. The molecular formula is C24H25ClN6O2S. The average molecular weight is 497 g/mol. The highest BCUT2D eigenvalue weighted by molar-refractivity contribution is 7.19. The van der Waals surface area contributed by atoms with Crippen LogP contribution in [0.4, 0.5) is 9.93 Å². The number of thiazole rings is 1. The van der Waals surface area contributed by atoms with E-state index in [1.54, 1.807) is 43.0 Å². The van der Waals surface area contributed by atoms with Crippen LogP contribution in [0.3, 0.4) is 0 Å². The maximum absolute atomic E-state index is 13.0. The standard InChI is InChI=1S/C24H25ClN6O2S/c1-14-9-17(11-19(25)28-14)21-20(16-6-4-5-15(10-16)12-26)29-22(34-21)30-23(32)31-8-7-27-18(13-31)24(2,3)33/h4-6,9-11,18,27,33H,7-8,13H2,1-3H3,(H,29,30,32)/t18-/m0/s1. The minimum atomic E-state index is -0.954. The van der Waals surface area contributed by atoms with Gasteiger partial charge in [0.1, 0.15) is 5.15 Å². The van der Waals surface area contributed by atoms with Gasteiger partial charge in [0.05, 0.1) is 33.8 Å². The zero-order chi connectivity index (χ0) is 24.5. The maximum atomic E-state index is 13.0. The number of carbonyl (C=O) groups excluding carboxylic acids is 1. The molecule has 1 saturated heterocycles. The van der Waals surface area contributed by atoms with Gasteiger partial charge in [0.15, 0.2) is 5.13 Å². The second-order valence-electron chi connectivity index (χ2n) is 8.75. The van der Waals surface area contributed by atoms with Gasteiger partial charge in [-0.15, -0.1) is 0 Å². The zero-order valence-corrected chi connectivity index (χ0v) is 20.7. The summed E-state index contributed by atoms with van der Waals surface area (Å²) >= 11 is 7.55. The lowest BCUT2D eigenvalue weighted by Gasteiger charge is -2.39. The van der Waals surface area contributed by atoms with Crippen LogP contribution in [0.1, 0.15) is 25.1 Å². The third-order valence-electron chi connectivity index (χ3n) is 5.61. The molecule has 0 saturated carbocycles. The number of aryl methyl sites for hydroxylation is 1. The van der Waals surface area contributed by atoms with Gasteiger partial charge in [0, 0.05) is 30.9 Å². The Morgan fingerprint density at radius 1 is 1.32 bits per heavy atom. The Hall–Kier alpha value is -3.03. The first kappa shape index (κ1) is 24.1. The Morgan fingerprint density at radius 3 is 2.82 bits per heavy atom. The normalized spacial score (nSPS) is 16.2. The van der Waals surface area contributed by atoms with Crippen LogP contribution in [0.5, 0.6) is 0 Å². The van der Waals surface area contributed by atoms with Crippen LogP contribution >= 0.6 is 22.9 Å². The number of hydrogen-bond acceptors (Lipinski definition) is 7. The van der Waals surface area contributed by atoms with Gasteiger partial charge >= 0.3 is 6.03 Å². The quantitative estimate of drug-likeness (QED) is 0.464. The number of aromatic nitrogens is 2. The van der Waals surface area contributed by atoms with Gasteiger partial charge in [0.2, 0.25) is 0 Å². The first-order valence-electron chi connectivity index (χ1n) is 10.8. The third-order valence-corrected chi connectivity index (χ3v) is 6.82. The van der Waals surface area contributed by atoms with Gasteiger partial charge in [-0.3, -0.25) is 5.32 Å². The molecule has 2 aromatic heterocycles. The van der Waals surface area contributed by atoms with Crippen molar-refractivity contribution >= 4 is 34.1 Å². The van der Waals surface area contributed by atoms with E-state index in [-0.39, 0.29) is 12.1 Å². The molecule has 34 heavy (non-hydrogen) atoms. The Bertz CT molecular complexity index is 1240. The monoisotopic (exact) mass is 496 g/mol. The van der Waals surface area contributed by atoms with Crippen LogP contribution in [0, 0.1) is 18.3 Å². The molecule has 3 heterocycles. The molecule has 0 aliphatic carbocycles. The summed E-state index contributed by atoms with van der Waals surface area (Å²) in [5.41, 5.74) is 2.57. The molecule has 8 nitrogen and oxygen atoms in total.